The Morgan fingerprint density at radius 1 is 1.61 bits per heavy atom. The Kier molecular flexibility index (Phi) is 4.55. The van der Waals surface area contributed by atoms with Crippen molar-refractivity contribution in [2.24, 2.45) is 5.73 Å². The van der Waals surface area contributed by atoms with Crippen molar-refractivity contribution in [3.8, 4) is 0 Å². The lowest BCUT2D eigenvalue weighted by molar-refractivity contribution is 0.116. The average molecular weight is 249 g/mol. The van der Waals surface area contributed by atoms with Crippen LogP contribution >= 0.6 is 0 Å². The maximum Gasteiger partial charge on any atom is 0.131 e. The van der Waals surface area contributed by atoms with Crippen LogP contribution in [-0.4, -0.2) is 37.3 Å². The molecule has 1 aromatic heterocycles. The smallest absolute Gasteiger partial charge is 0.131 e. The fraction of sp³-hybridized carbons (Fsp3) is 0.643. The molecule has 2 rings (SSSR count). The third-order valence-corrected chi connectivity index (χ3v) is 3.27. The third kappa shape index (κ3) is 3.43. The molecule has 1 aliphatic rings. The monoisotopic (exact) mass is 249 g/mol. The summed E-state index contributed by atoms with van der Waals surface area (Å²) < 4.78 is 5.67. The quantitative estimate of drug-likeness (QED) is 0.861. The minimum absolute atomic E-state index is 0.157. The van der Waals surface area contributed by atoms with Crippen LogP contribution in [-0.2, 0) is 11.2 Å². The van der Waals surface area contributed by atoms with Gasteiger partial charge in [-0.1, -0.05) is 6.07 Å². The normalized spacial score (nSPS) is 20.9. The summed E-state index contributed by atoms with van der Waals surface area (Å²) in [5.41, 5.74) is 7.10. The van der Waals surface area contributed by atoms with Crippen molar-refractivity contribution in [2.75, 3.05) is 25.1 Å². The van der Waals surface area contributed by atoms with Gasteiger partial charge in [0.05, 0.1) is 6.10 Å². The van der Waals surface area contributed by atoms with Gasteiger partial charge in [-0.25, -0.2) is 4.98 Å². The number of hydrogen-bond donors (Lipinski definition) is 1. The van der Waals surface area contributed by atoms with Gasteiger partial charge in [-0.2, -0.15) is 0 Å². The second-order valence-corrected chi connectivity index (χ2v) is 5.18. The van der Waals surface area contributed by atoms with Crippen molar-refractivity contribution in [3.05, 3.63) is 23.9 Å². The van der Waals surface area contributed by atoms with Crippen molar-refractivity contribution >= 4 is 5.82 Å². The Balaban J connectivity index is 2.05. The zero-order chi connectivity index (χ0) is 13.0. The first kappa shape index (κ1) is 13.3. The van der Waals surface area contributed by atoms with E-state index >= 15 is 0 Å². The van der Waals surface area contributed by atoms with Gasteiger partial charge in [-0.15, -0.1) is 0 Å². The van der Waals surface area contributed by atoms with Gasteiger partial charge in [-0.05, 0) is 37.8 Å². The van der Waals surface area contributed by atoms with E-state index in [-0.39, 0.29) is 6.04 Å². The van der Waals surface area contributed by atoms with E-state index in [1.54, 1.807) is 0 Å². The van der Waals surface area contributed by atoms with Gasteiger partial charge in [0, 0.05) is 32.4 Å². The molecule has 1 aromatic rings. The summed E-state index contributed by atoms with van der Waals surface area (Å²) in [5.74, 6) is 1.03. The van der Waals surface area contributed by atoms with Gasteiger partial charge < -0.3 is 15.4 Å². The van der Waals surface area contributed by atoms with Crippen LogP contribution in [0.5, 0.6) is 0 Å². The predicted molar refractivity (Wildman–Crippen MR) is 73.8 cm³/mol. The van der Waals surface area contributed by atoms with Crippen LogP contribution in [0.3, 0.4) is 0 Å². The molecular weight excluding hydrogens is 226 g/mol. The molecule has 0 aliphatic carbocycles. The zero-order valence-electron chi connectivity index (χ0n) is 11.3. The number of rotatable bonds is 5. The number of hydrogen-bond acceptors (Lipinski definition) is 4. The molecule has 1 aliphatic heterocycles. The SMILES string of the molecule is CC(N)Cc1cccnc1N(C)CC1CCCO1. The molecule has 0 radical (unpaired) electrons. The lowest BCUT2D eigenvalue weighted by Crippen LogP contribution is -2.30. The zero-order valence-corrected chi connectivity index (χ0v) is 11.3. The lowest BCUT2D eigenvalue weighted by Gasteiger charge is -2.24. The van der Waals surface area contributed by atoms with E-state index in [9.17, 15) is 0 Å². The average Bonchev–Trinajstić information content (AvgIpc) is 2.81. The molecule has 18 heavy (non-hydrogen) atoms. The molecule has 0 aromatic carbocycles. The Morgan fingerprint density at radius 2 is 2.44 bits per heavy atom. The van der Waals surface area contributed by atoms with Crippen molar-refractivity contribution in [2.45, 2.75) is 38.3 Å². The summed E-state index contributed by atoms with van der Waals surface area (Å²) in [6.45, 7) is 3.83. The lowest BCUT2D eigenvalue weighted by atomic mass is 10.1. The maximum atomic E-state index is 5.89. The number of aromatic nitrogens is 1. The molecule has 0 bridgehead atoms. The van der Waals surface area contributed by atoms with Crippen LogP contribution in [0.15, 0.2) is 18.3 Å². The summed E-state index contributed by atoms with van der Waals surface area (Å²) in [6, 6.07) is 4.24. The van der Waals surface area contributed by atoms with Crippen LogP contribution < -0.4 is 10.6 Å². The molecule has 1 saturated heterocycles. The van der Waals surface area contributed by atoms with E-state index in [1.165, 1.54) is 12.0 Å². The highest BCUT2D eigenvalue weighted by molar-refractivity contribution is 5.46. The first-order valence-corrected chi connectivity index (χ1v) is 6.69. The van der Waals surface area contributed by atoms with E-state index in [2.05, 4.69) is 23.0 Å². The fourth-order valence-corrected chi connectivity index (χ4v) is 2.46. The Labute approximate surface area is 109 Å². The van der Waals surface area contributed by atoms with Crippen molar-refractivity contribution in [1.29, 1.82) is 0 Å². The van der Waals surface area contributed by atoms with E-state index < -0.39 is 0 Å². The topological polar surface area (TPSA) is 51.4 Å². The van der Waals surface area contributed by atoms with Crippen molar-refractivity contribution in [3.63, 3.8) is 0 Å². The number of ether oxygens (including phenoxy) is 1. The largest absolute Gasteiger partial charge is 0.376 e. The number of nitrogens with two attached hydrogens (primary N) is 1. The minimum atomic E-state index is 0.157. The molecule has 2 atom stereocenters. The van der Waals surface area contributed by atoms with Gasteiger partial charge in [0.15, 0.2) is 0 Å². The van der Waals surface area contributed by atoms with Crippen molar-refractivity contribution < 1.29 is 4.74 Å². The van der Waals surface area contributed by atoms with Crippen LogP contribution in [0.25, 0.3) is 0 Å². The molecule has 2 heterocycles. The highest BCUT2D eigenvalue weighted by Crippen LogP contribution is 2.20. The number of nitrogens with zero attached hydrogens (tertiary/aromatic N) is 2. The first-order chi connectivity index (χ1) is 8.66. The second-order valence-electron chi connectivity index (χ2n) is 5.18. The summed E-state index contributed by atoms with van der Waals surface area (Å²) in [6.07, 6.45) is 5.37. The third-order valence-electron chi connectivity index (χ3n) is 3.27. The fourth-order valence-electron chi connectivity index (χ4n) is 2.46. The Hall–Kier alpha value is -1.13. The van der Waals surface area contributed by atoms with E-state index in [4.69, 9.17) is 10.5 Å². The molecule has 4 heteroatoms. The maximum absolute atomic E-state index is 5.89. The van der Waals surface area contributed by atoms with Gasteiger partial charge in [0.25, 0.3) is 0 Å². The first-order valence-electron chi connectivity index (χ1n) is 6.69. The molecule has 0 amide bonds. The minimum Gasteiger partial charge on any atom is -0.376 e. The van der Waals surface area contributed by atoms with Crippen LogP contribution in [0.4, 0.5) is 5.82 Å². The Bertz CT molecular complexity index is 375. The summed E-state index contributed by atoms with van der Waals surface area (Å²) in [7, 11) is 2.08. The number of anilines is 1. The number of pyridine rings is 1. The molecule has 0 saturated carbocycles. The van der Waals surface area contributed by atoms with Gasteiger partial charge >= 0.3 is 0 Å². The van der Waals surface area contributed by atoms with Crippen molar-refractivity contribution in [1.82, 2.24) is 4.98 Å². The Morgan fingerprint density at radius 3 is 3.11 bits per heavy atom. The van der Waals surface area contributed by atoms with E-state index in [0.29, 0.717) is 6.10 Å². The van der Waals surface area contributed by atoms with Crippen LogP contribution in [0.2, 0.25) is 0 Å². The van der Waals surface area contributed by atoms with Gasteiger partial charge in [0.2, 0.25) is 0 Å². The molecule has 4 nitrogen and oxygen atoms in total. The van der Waals surface area contributed by atoms with Gasteiger partial charge in [0.1, 0.15) is 5.82 Å². The predicted octanol–water partition coefficient (Wildman–Crippen LogP) is 1.59. The molecule has 2 N–H and O–H groups in total. The van der Waals surface area contributed by atoms with E-state index in [0.717, 1.165) is 31.8 Å². The molecule has 0 spiro atoms. The second kappa shape index (κ2) is 6.16. The summed E-state index contributed by atoms with van der Waals surface area (Å²) >= 11 is 0. The molecule has 100 valence electrons. The highest BCUT2D eigenvalue weighted by atomic mass is 16.5. The number of likely N-dealkylation sites (N-methyl/N-ethyl adjacent to an activating group) is 1. The highest BCUT2D eigenvalue weighted by Gasteiger charge is 2.19. The molecule has 1 fully saturated rings. The van der Waals surface area contributed by atoms with E-state index in [1.807, 2.05) is 19.2 Å². The van der Waals surface area contributed by atoms with Gasteiger partial charge in [-0.3, -0.25) is 0 Å². The summed E-state index contributed by atoms with van der Waals surface area (Å²) in [4.78, 5) is 6.68. The molecule has 2 unspecified atom stereocenters. The summed E-state index contributed by atoms with van der Waals surface area (Å²) in [5, 5.41) is 0. The van der Waals surface area contributed by atoms with Crippen LogP contribution in [0.1, 0.15) is 25.3 Å². The standard InChI is InChI=1S/C14H23N3O/c1-11(15)9-12-5-3-7-16-14(12)17(2)10-13-6-4-8-18-13/h3,5,7,11,13H,4,6,8-10,15H2,1-2H3. The van der Waals surface area contributed by atoms with Crippen LogP contribution in [0, 0.1) is 0 Å². The molecular formula is C14H23N3O.